The first-order valence-electron chi connectivity index (χ1n) is 9.44. The van der Waals surface area contributed by atoms with Crippen LogP contribution >= 0.6 is 0 Å². The van der Waals surface area contributed by atoms with Gasteiger partial charge in [0.1, 0.15) is 11.2 Å². The van der Waals surface area contributed by atoms with Gasteiger partial charge in [0.25, 0.3) is 0 Å². The molecule has 0 aromatic rings. The van der Waals surface area contributed by atoms with E-state index in [1.54, 1.807) is 4.90 Å². The standard InChI is InChI=1S/C19H34N2O4/c1-18(2,3)24-16(22)20-12-9-14(10-13-20)15-8-7-11-21(15)17(23)25-19(4,5)6/h14-15H,7-13H2,1-6H3/t15-/m1/s1. The van der Waals surface area contributed by atoms with Crippen LogP contribution in [-0.2, 0) is 9.47 Å². The smallest absolute Gasteiger partial charge is 0.410 e. The second-order valence-corrected chi connectivity index (χ2v) is 9.19. The van der Waals surface area contributed by atoms with Gasteiger partial charge in [0.2, 0.25) is 0 Å². The van der Waals surface area contributed by atoms with E-state index in [0.717, 1.165) is 32.2 Å². The van der Waals surface area contributed by atoms with Crippen molar-refractivity contribution in [2.45, 2.75) is 84.5 Å². The van der Waals surface area contributed by atoms with Crippen LogP contribution in [-0.4, -0.2) is 58.9 Å². The zero-order chi connectivity index (χ0) is 18.8. The highest BCUT2D eigenvalue weighted by Gasteiger charge is 2.39. The van der Waals surface area contributed by atoms with Gasteiger partial charge in [-0.25, -0.2) is 9.59 Å². The van der Waals surface area contributed by atoms with E-state index < -0.39 is 11.2 Å². The Balaban J connectivity index is 1.89. The van der Waals surface area contributed by atoms with Crippen molar-refractivity contribution in [1.82, 2.24) is 9.80 Å². The molecule has 0 unspecified atom stereocenters. The first-order valence-corrected chi connectivity index (χ1v) is 9.44. The van der Waals surface area contributed by atoms with Crippen LogP contribution in [0.25, 0.3) is 0 Å². The van der Waals surface area contributed by atoms with Crippen molar-refractivity contribution >= 4 is 12.2 Å². The Hall–Kier alpha value is -1.46. The summed E-state index contributed by atoms with van der Waals surface area (Å²) in [4.78, 5) is 28.3. The lowest BCUT2D eigenvalue weighted by Crippen LogP contribution is -2.48. The fourth-order valence-corrected chi connectivity index (χ4v) is 3.62. The molecule has 0 saturated carbocycles. The number of likely N-dealkylation sites (tertiary alicyclic amines) is 2. The lowest BCUT2D eigenvalue weighted by atomic mass is 9.88. The van der Waals surface area contributed by atoms with E-state index in [-0.39, 0.29) is 18.2 Å². The zero-order valence-corrected chi connectivity index (χ0v) is 16.6. The molecule has 25 heavy (non-hydrogen) atoms. The Bertz CT molecular complexity index is 485. The SMILES string of the molecule is CC(C)(C)OC(=O)N1CCC([C@H]2CCCN2C(=O)OC(C)(C)C)CC1. The van der Waals surface area contributed by atoms with E-state index in [1.807, 2.05) is 46.4 Å². The lowest BCUT2D eigenvalue weighted by Gasteiger charge is -2.38. The van der Waals surface area contributed by atoms with Crippen LogP contribution in [0, 0.1) is 5.92 Å². The summed E-state index contributed by atoms with van der Waals surface area (Å²) < 4.78 is 11.0. The minimum atomic E-state index is -0.468. The third-order valence-corrected chi connectivity index (χ3v) is 4.66. The average molecular weight is 354 g/mol. The summed E-state index contributed by atoms with van der Waals surface area (Å²) >= 11 is 0. The first kappa shape index (κ1) is 19.9. The molecule has 6 nitrogen and oxygen atoms in total. The molecule has 2 aliphatic rings. The minimum Gasteiger partial charge on any atom is -0.444 e. The van der Waals surface area contributed by atoms with Gasteiger partial charge in [0.05, 0.1) is 0 Å². The molecule has 1 atom stereocenters. The molecule has 0 N–H and O–H groups in total. The number of nitrogens with zero attached hydrogens (tertiary/aromatic N) is 2. The van der Waals surface area contributed by atoms with E-state index in [2.05, 4.69) is 0 Å². The highest BCUT2D eigenvalue weighted by molar-refractivity contribution is 5.69. The molecule has 0 aliphatic carbocycles. The predicted molar refractivity (Wildman–Crippen MR) is 96.5 cm³/mol. The lowest BCUT2D eigenvalue weighted by molar-refractivity contribution is 0.00422. The van der Waals surface area contributed by atoms with Crippen molar-refractivity contribution in [1.29, 1.82) is 0 Å². The topological polar surface area (TPSA) is 59.1 Å². The second kappa shape index (κ2) is 7.42. The Morgan fingerprint density at radius 1 is 0.800 bits per heavy atom. The summed E-state index contributed by atoms with van der Waals surface area (Å²) in [6, 6.07) is 0.232. The van der Waals surface area contributed by atoms with Crippen LogP contribution in [0.15, 0.2) is 0 Å². The molecule has 2 rings (SSSR count). The Morgan fingerprint density at radius 2 is 1.32 bits per heavy atom. The molecule has 0 bridgehead atoms. The third kappa shape index (κ3) is 5.79. The van der Waals surface area contributed by atoms with Crippen LogP contribution in [0.5, 0.6) is 0 Å². The first-order chi connectivity index (χ1) is 11.5. The largest absolute Gasteiger partial charge is 0.444 e. The van der Waals surface area contributed by atoms with Crippen LogP contribution in [0.2, 0.25) is 0 Å². The number of carbonyl (C=O) groups is 2. The van der Waals surface area contributed by atoms with Crippen molar-refractivity contribution in [3.05, 3.63) is 0 Å². The van der Waals surface area contributed by atoms with E-state index in [9.17, 15) is 9.59 Å². The van der Waals surface area contributed by atoms with Crippen molar-refractivity contribution in [2.24, 2.45) is 5.92 Å². The zero-order valence-electron chi connectivity index (χ0n) is 16.6. The summed E-state index contributed by atoms with van der Waals surface area (Å²) in [6.07, 6.45) is 3.42. The number of piperidine rings is 1. The monoisotopic (exact) mass is 354 g/mol. The number of ether oxygens (including phenoxy) is 2. The van der Waals surface area contributed by atoms with Crippen molar-refractivity contribution < 1.29 is 19.1 Å². The van der Waals surface area contributed by atoms with Gasteiger partial charge in [-0.05, 0) is 73.1 Å². The average Bonchev–Trinajstić information content (AvgIpc) is 2.93. The van der Waals surface area contributed by atoms with Crippen LogP contribution < -0.4 is 0 Å². The van der Waals surface area contributed by atoms with E-state index >= 15 is 0 Å². The maximum absolute atomic E-state index is 12.5. The van der Waals surface area contributed by atoms with E-state index in [1.165, 1.54) is 0 Å². The molecule has 6 heteroatoms. The summed E-state index contributed by atoms with van der Waals surface area (Å²) in [5.74, 6) is 0.425. The highest BCUT2D eigenvalue weighted by Crippen LogP contribution is 2.32. The summed E-state index contributed by atoms with van der Waals surface area (Å²) in [5.41, 5.74) is -0.933. The number of hydrogen-bond acceptors (Lipinski definition) is 4. The Morgan fingerprint density at radius 3 is 1.84 bits per heavy atom. The van der Waals surface area contributed by atoms with Gasteiger partial charge in [0, 0.05) is 25.7 Å². The fourth-order valence-electron chi connectivity index (χ4n) is 3.62. The summed E-state index contributed by atoms with van der Waals surface area (Å²) in [7, 11) is 0. The molecular formula is C19H34N2O4. The van der Waals surface area contributed by atoms with Gasteiger partial charge in [-0.2, -0.15) is 0 Å². The number of hydrogen-bond donors (Lipinski definition) is 0. The number of rotatable bonds is 1. The normalized spacial score (nSPS) is 22.9. The summed E-state index contributed by atoms with van der Waals surface area (Å²) in [5, 5.41) is 0. The van der Waals surface area contributed by atoms with Crippen molar-refractivity contribution in [3.63, 3.8) is 0 Å². The van der Waals surface area contributed by atoms with Crippen molar-refractivity contribution in [2.75, 3.05) is 19.6 Å². The van der Waals surface area contributed by atoms with Gasteiger partial charge in [-0.3, -0.25) is 0 Å². The van der Waals surface area contributed by atoms with Crippen LogP contribution in [0.4, 0.5) is 9.59 Å². The molecule has 2 fully saturated rings. The van der Waals surface area contributed by atoms with Gasteiger partial charge >= 0.3 is 12.2 Å². The number of amides is 2. The molecular weight excluding hydrogens is 320 g/mol. The maximum atomic E-state index is 12.5. The fraction of sp³-hybridized carbons (Fsp3) is 0.895. The molecule has 0 spiro atoms. The molecule has 2 aliphatic heterocycles. The molecule has 2 amide bonds. The maximum Gasteiger partial charge on any atom is 0.410 e. The molecule has 2 saturated heterocycles. The Kier molecular flexibility index (Phi) is 5.89. The van der Waals surface area contributed by atoms with E-state index in [0.29, 0.717) is 19.0 Å². The summed E-state index contributed by atoms with van der Waals surface area (Å²) in [6.45, 7) is 13.5. The molecule has 0 radical (unpaired) electrons. The predicted octanol–water partition coefficient (Wildman–Crippen LogP) is 4.03. The molecule has 0 aromatic carbocycles. The molecule has 0 aromatic heterocycles. The second-order valence-electron chi connectivity index (χ2n) is 9.19. The van der Waals surface area contributed by atoms with Gasteiger partial charge < -0.3 is 19.3 Å². The quantitative estimate of drug-likeness (QED) is 0.713. The van der Waals surface area contributed by atoms with Crippen LogP contribution in [0.1, 0.15) is 67.2 Å². The van der Waals surface area contributed by atoms with Crippen LogP contribution in [0.3, 0.4) is 0 Å². The van der Waals surface area contributed by atoms with E-state index in [4.69, 9.17) is 9.47 Å². The van der Waals surface area contributed by atoms with Gasteiger partial charge in [-0.1, -0.05) is 0 Å². The van der Waals surface area contributed by atoms with Gasteiger partial charge in [0.15, 0.2) is 0 Å². The highest BCUT2D eigenvalue weighted by atomic mass is 16.6. The van der Waals surface area contributed by atoms with Crippen molar-refractivity contribution in [3.8, 4) is 0 Å². The van der Waals surface area contributed by atoms with Gasteiger partial charge in [-0.15, -0.1) is 0 Å². The molecule has 144 valence electrons. The number of carbonyl (C=O) groups excluding carboxylic acids is 2. The molecule has 2 heterocycles. The third-order valence-electron chi connectivity index (χ3n) is 4.66. The Labute approximate surface area is 151 Å². The minimum absolute atomic E-state index is 0.204.